The van der Waals surface area contributed by atoms with Gasteiger partial charge < -0.3 is 20.1 Å². The smallest absolute Gasteiger partial charge is 0.335 e. The van der Waals surface area contributed by atoms with Crippen LogP contribution in [-0.4, -0.2) is 54.1 Å². The molecule has 1 aliphatic carbocycles. The van der Waals surface area contributed by atoms with E-state index in [2.05, 4.69) is 31.3 Å². The molecular weight excluding hydrogens is 480 g/mol. The monoisotopic (exact) mass is 510 g/mol. The van der Waals surface area contributed by atoms with E-state index in [9.17, 15) is 14.4 Å². The van der Waals surface area contributed by atoms with Crippen LogP contribution in [-0.2, 0) is 10.2 Å². The van der Waals surface area contributed by atoms with Crippen molar-refractivity contribution in [3.8, 4) is 0 Å². The highest BCUT2D eigenvalue weighted by atomic mass is 16.5. The molecule has 7 nitrogen and oxygen atoms in total. The van der Waals surface area contributed by atoms with Gasteiger partial charge in [-0.15, -0.1) is 0 Å². The van der Waals surface area contributed by atoms with Crippen molar-refractivity contribution in [2.24, 2.45) is 0 Å². The Morgan fingerprint density at radius 3 is 2.16 bits per heavy atom. The summed E-state index contributed by atoms with van der Waals surface area (Å²) in [6, 6.07) is 19.5. The minimum atomic E-state index is -1.04. The molecule has 3 aromatic rings. The zero-order chi connectivity index (χ0) is 26.9. The van der Waals surface area contributed by atoms with Gasteiger partial charge in [0, 0.05) is 29.9 Å². The lowest BCUT2D eigenvalue weighted by molar-refractivity contribution is 0.0303. The third-order valence-corrected chi connectivity index (χ3v) is 7.25. The Morgan fingerprint density at radius 1 is 0.868 bits per heavy atom. The summed E-state index contributed by atoms with van der Waals surface area (Å²) in [7, 11) is 0. The maximum absolute atomic E-state index is 12.9. The molecule has 0 saturated carbocycles. The summed E-state index contributed by atoms with van der Waals surface area (Å²) in [6.07, 6.45) is 3.09. The van der Waals surface area contributed by atoms with Gasteiger partial charge in [0.05, 0.1) is 18.8 Å². The van der Waals surface area contributed by atoms with Gasteiger partial charge in [0.2, 0.25) is 0 Å². The quantitative estimate of drug-likeness (QED) is 0.491. The van der Waals surface area contributed by atoms with E-state index in [4.69, 9.17) is 9.84 Å². The van der Waals surface area contributed by atoms with Crippen molar-refractivity contribution in [1.29, 1.82) is 0 Å². The van der Waals surface area contributed by atoms with Gasteiger partial charge in [0.25, 0.3) is 11.8 Å². The van der Waals surface area contributed by atoms with Crippen LogP contribution >= 0.6 is 0 Å². The number of carbonyl (C=O) groups excluding carboxylic acids is 2. The second-order valence-electron chi connectivity index (χ2n) is 10.3. The van der Waals surface area contributed by atoms with E-state index >= 15 is 0 Å². The predicted octanol–water partition coefficient (Wildman–Crippen LogP) is 5.22. The van der Waals surface area contributed by atoms with Crippen molar-refractivity contribution < 1.29 is 24.2 Å². The van der Waals surface area contributed by atoms with E-state index in [0.29, 0.717) is 43.1 Å². The van der Waals surface area contributed by atoms with Crippen LogP contribution in [0.1, 0.15) is 68.0 Å². The molecule has 2 N–H and O–H groups in total. The van der Waals surface area contributed by atoms with Crippen LogP contribution in [0.25, 0.3) is 5.57 Å². The van der Waals surface area contributed by atoms with E-state index in [1.807, 2.05) is 41.3 Å². The van der Waals surface area contributed by atoms with Crippen molar-refractivity contribution in [1.82, 2.24) is 4.90 Å². The number of nitrogens with one attached hydrogen (secondary N) is 1. The highest BCUT2D eigenvalue weighted by molar-refractivity contribution is 6.05. The summed E-state index contributed by atoms with van der Waals surface area (Å²) in [5, 5.41) is 12.0. The second kappa shape index (κ2) is 10.3. The number of carbonyl (C=O) groups is 3. The molecule has 1 heterocycles. The fourth-order valence-corrected chi connectivity index (χ4v) is 4.99. The minimum Gasteiger partial charge on any atom is -0.478 e. The van der Waals surface area contributed by atoms with Gasteiger partial charge in [-0.3, -0.25) is 9.59 Å². The van der Waals surface area contributed by atoms with Crippen LogP contribution in [0.15, 0.2) is 72.8 Å². The summed E-state index contributed by atoms with van der Waals surface area (Å²) < 4.78 is 5.36. The molecule has 5 rings (SSSR count). The predicted molar refractivity (Wildman–Crippen MR) is 146 cm³/mol. The van der Waals surface area contributed by atoms with Crippen molar-refractivity contribution in [2.75, 3.05) is 31.6 Å². The number of hydrogen-bond acceptors (Lipinski definition) is 4. The zero-order valence-corrected chi connectivity index (χ0v) is 21.5. The van der Waals surface area contributed by atoms with Crippen molar-refractivity contribution in [2.45, 2.75) is 25.7 Å². The van der Waals surface area contributed by atoms with E-state index in [1.165, 1.54) is 29.8 Å². The first-order valence-electron chi connectivity index (χ1n) is 12.7. The van der Waals surface area contributed by atoms with E-state index in [0.717, 1.165) is 23.1 Å². The van der Waals surface area contributed by atoms with E-state index in [-0.39, 0.29) is 22.8 Å². The van der Waals surface area contributed by atoms with Gasteiger partial charge in [-0.1, -0.05) is 38.1 Å². The summed E-state index contributed by atoms with van der Waals surface area (Å²) in [6.45, 7) is 6.74. The molecule has 2 aliphatic rings. The SMILES string of the molecule is CC1(C)CC=C(c2ccc(C(=O)N3CCOCC3)cc2)c2cc(NC(=O)c3ccc(C(=O)O)cc3)ccc21. The Hall–Kier alpha value is -4.23. The van der Waals surface area contributed by atoms with Crippen molar-refractivity contribution in [3.05, 3.63) is 106 Å². The molecule has 0 radical (unpaired) electrons. The lowest BCUT2D eigenvalue weighted by atomic mass is 9.72. The Balaban J connectivity index is 1.40. The molecule has 0 bridgehead atoms. The number of fused-ring (bicyclic) bond motifs is 1. The molecule has 0 aromatic heterocycles. The molecule has 0 spiro atoms. The van der Waals surface area contributed by atoms with Crippen molar-refractivity contribution >= 4 is 29.0 Å². The summed E-state index contributed by atoms with van der Waals surface area (Å²) in [5.74, 6) is -1.33. The number of nitrogens with zero attached hydrogens (tertiary/aromatic N) is 1. The Labute approximate surface area is 221 Å². The molecule has 7 heteroatoms. The number of allylic oxidation sites excluding steroid dienone is 1. The number of ether oxygens (including phenoxy) is 1. The van der Waals surface area contributed by atoms with E-state index < -0.39 is 5.97 Å². The first-order chi connectivity index (χ1) is 18.2. The second-order valence-corrected chi connectivity index (χ2v) is 10.3. The zero-order valence-electron chi connectivity index (χ0n) is 21.5. The molecule has 1 aliphatic heterocycles. The normalized spacial score (nSPS) is 16.3. The van der Waals surface area contributed by atoms with Gasteiger partial charge in [-0.2, -0.15) is 0 Å². The summed E-state index contributed by atoms with van der Waals surface area (Å²) in [5.41, 5.74) is 6.04. The van der Waals surface area contributed by atoms with Crippen LogP contribution < -0.4 is 5.32 Å². The third-order valence-electron chi connectivity index (χ3n) is 7.25. The first kappa shape index (κ1) is 25.4. The topological polar surface area (TPSA) is 95.9 Å². The third kappa shape index (κ3) is 5.10. The molecule has 0 unspecified atom stereocenters. The molecule has 2 amide bonds. The number of carboxylic acids is 1. The van der Waals surface area contributed by atoms with Crippen LogP contribution in [0.5, 0.6) is 0 Å². The number of amides is 2. The van der Waals surface area contributed by atoms with E-state index in [1.54, 1.807) is 0 Å². The fourth-order valence-electron chi connectivity index (χ4n) is 4.99. The van der Waals surface area contributed by atoms with Crippen LogP contribution in [0.4, 0.5) is 5.69 Å². The van der Waals surface area contributed by atoms with Gasteiger partial charge in [-0.25, -0.2) is 4.79 Å². The van der Waals surface area contributed by atoms with Gasteiger partial charge in [0.15, 0.2) is 0 Å². The average Bonchev–Trinajstić information content (AvgIpc) is 2.93. The van der Waals surface area contributed by atoms with Gasteiger partial charge in [0.1, 0.15) is 0 Å². The van der Waals surface area contributed by atoms with Gasteiger partial charge in [-0.05, 0) is 82.6 Å². The maximum atomic E-state index is 12.9. The Bertz CT molecular complexity index is 1420. The lowest BCUT2D eigenvalue weighted by Crippen LogP contribution is -2.40. The number of hydrogen-bond donors (Lipinski definition) is 2. The number of benzene rings is 3. The maximum Gasteiger partial charge on any atom is 0.335 e. The van der Waals surface area contributed by atoms with Crippen LogP contribution in [0, 0.1) is 0 Å². The molecule has 3 aromatic carbocycles. The first-order valence-corrected chi connectivity index (χ1v) is 12.7. The Morgan fingerprint density at radius 2 is 1.50 bits per heavy atom. The lowest BCUT2D eigenvalue weighted by Gasteiger charge is -2.33. The average molecular weight is 511 g/mol. The minimum absolute atomic E-state index is 0.0143. The molecule has 0 atom stereocenters. The number of anilines is 1. The van der Waals surface area contributed by atoms with Crippen molar-refractivity contribution in [3.63, 3.8) is 0 Å². The molecule has 38 heavy (non-hydrogen) atoms. The summed E-state index contributed by atoms with van der Waals surface area (Å²) >= 11 is 0. The van der Waals surface area contributed by atoms with Crippen LogP contribution in [0.2, 0.25) is 0 Å². The van der Waals surface area contributed by atoms with Gasteiger partial charge >= 0.3 is 5.97 Å². The number of carboxylic acid groups (broad SMARTS) is 1. The number of morpholine rings is 1. The molecular formula is C31H30N2O5. The highest BCUT2D eigenvalue weighted by Gasteiger charge is 2.29. The van der Waals surface area contributed by atoms with Crippen LogP contribution in [0.3, 0.4) is 0 Å². The molecule has 1 fully saturated rings. The summed E-state index contributed by atoms with van der Waals surface area (Å²) in [4.78, 5) is 38.7. The Kier molecular flexibility index (Phi) is 6.87. The molecule has 1 saturated heterocycles. The largest absolute Gasteiger partial charge is 0.478 e. The fraction of sp³-hybridized carbons (Fsp3) is 0.258. The number of aromatic carboxylic acids is 1. The standard InChI is InChI=1S/C31H30N2O5/c1-31(2)14-13-25(20-3-7-22(8-4-20)29(35)33-15-17-38-18-16-33)26-19-24(11-12-27(26)31)32-28(34)21-5-9-23(10-6-21)30(36)37/h3-13,19H,14-18H2,1-2H3,(H,32,34)(H,36,37). The highest BCUT2D eigenvalue weighted by Crippen LogP contribution is 2.42. The number of rotatable bonds is 5. The molecule has 194 valence electrons.